The minimum Gasteiger partial charge on any atom is -0.378 e. The number of ether oxygens (including phenoxy) is 1. The molecule has 0 atom stereocenters. The van der Waals surface area contributed by atoms with E-state index in [1.54, 1.807) is 4.31 Å². The molecule has 3 rings (SSSR count). The van der Waals surface area contributed by atoms with Crippen LogP contribution < -0.4 is 0 Å². The first-order valence-corrected chi connectivity index (χ1v) is 9.94. The molecule has 0 aromatic carbocycles. The van der Waals surface area contributed by atoms with Gasteiger partial charge in [0, 0.05) is 31.9 Å². The second kappa shape index (κ2) is 6.47. The van der Waals surface area contributed by atoms with E-state index in [0.717, 1.165) is 43.9 Å². The molecule has 2 aliphatic rings. The Bertz CT molecular complexity index is 654. The third kappa shape index (κ3) is 3.74. The standard InChI is InChI=1S/C16H25N3O3S/c1-14-4-3-5-15(17-14)12-18-8-6-16(7-9-18)13-22-11-10-19(16)23(2,20)21/h3-5H,6-13H2,1-2H3. The molecule has 0 aliphatic carbocycles. The highest BCUT2D eigenvalue weighted by molar-refractivity contribution is 7.88. The first kappa shape index (κ1) is 16.8. The topological polar surface area (TPSA) is 62.7 Å². The summed E-state index contributed by atoms with van der Waals surface area (Å²) in [5.41, 5.74) is 1.74. The molecular formula is C16H25N3O3S. The third-order valence-corrected chi connectivity index (χ3v) is 6.23. The maximum absolute atomic E-state index is 12.1. The van der Waals surface area contributed by atoms with Crippen molar-refractivity contribution in [2.45, 2.75) is 31.8 Å². The number of nitrogens with zero attached hydrogens (tertiary/aromatic N) is 3. The number of likely N-dealkylation sites (tertiary alicyclic amines) is 1. The summed E-state index contributed by atoms with van der Waals surface area (Å²) in [5.74, 6) is 0. The van der Waals surface area contributed by atoms with E-state index in [-0.39, 0.29) is 5.54 Å². The molecule has 2 saturated heterocycles. The van der Waals surface area contributed by atoms with Gasteiger partial charge in [-0.1, -0.05) is 6.07 Å². The van der Waals surface area contributed by atoms with Gasteiger partial charge in [0.05, 0.1) is 30.7 Å². The Hall–Kier alpha value is -1.02. The Morgan fingerprint density at radius 2 is 2.00 bits per heavy atom. The van der Waals surface area contributed by atoms with Crippen LogP contribution in [0.1, 0.15) is 24.2 Å². The van der Waals surface area contributed by atoms with Gasteiger partial charge in [0.2, 0.25) is 10.0 Å². The fourth-order valence-corrected chi connectivity index (χ4v) is 5.02. The Labute approximate surface area is 138 Å². The number of pyridine rings is 1. The van der Waals surface area contributed by atoms with Crippen molar-refractivity contribution in [1.29, 1.82) is 0 Å². The van der Waals surface area contributed by atoms with Crippen molar-refractivity contribution >= 4 is 10.0 Å². The van der Waals surface area contributed by atoms with E-state index in [2.05, 4.69) is 9.88 Å². The molecule has 2 fully saturated rings. The summed E-state index contributed by atoms with van der Waals surface area (Å²) in [6.07, 6.45) is 2.93. The Kier molecular flexibility index (Phi) is 4.73. The lowest BCUT2D eigenvalue weighted by Crippen LogP contribution is -2.62. The van der Waals surface area contributed by atoms with Crippen LogP contribution in [0.15, 0.2) is 18.2 Å². The van der Waals surface area contributed by atoms with Gasteiger partial charge in [0.1, 0.15) is 0 Å². The minimum absolute atomic E-state index is 0.359. The van der Waals surface area contributed by atoms with Crippen LogP contribution in [0.25, 0.3) is 0 Å². The number of rotatable bonds is 3. The van der Waals surface area contributed by atoms with Gasteiger partial charge in [-0.3, -0.25) is 9.88 Å². The zero-order valence-corrected chi connectivity index (χ0v) is 14.7. The molecule has 128 valence electrons. The van der Waals surface area contributed by atoms with Gasteiger partial charge in [0.25, 0.3) is 0 Å². The van der Waals surface area contributed by atoms with Crippen molar-refractivity contribution in [1.82, 2.24) is 14.2 Å². The fraction of sp³-hybridized carbons (Fsp3) is 0.688. The predicted molar refractivity (Wildman–Crippen MR) is 88.6 cm³/mol. The number of aromatic nitrogens is 1. The molecule has 1 spiro atoms. The quantitative estimate of drug-likeness (QED) is 0.823. The fourth-order valence-electron chi connectivity index (χ4n) is 3.67. The smallest absolute Gasteiger partial charge is 0.211 e. The van der Waals surface area contributed by atoms with Gasteiger partial charge in [-0.2, -0.15) is 4.31 Å². The van der Waals surface area contributed by atoms with Crippen molar-refractivity contribution in [3.8, 4) is 0 Å². The summed E-state index contributed by atoms with van der Waals surface area (Å²) in [6.45, 7) is 6.02. The van der Waals surface area contributed by atoms with E-state index in [1.807, 2.05) is 25.1 Å². The van der Waals surface area contributed by atoms with Crippen LogP contribution in [-0.4, -0.2) is 67.2 Å². The molecule has 2 aliphatic heterocycles. The maximum Gasteiger partial charge on any atom is 0.211 e. The number of hydrogen-bond donors (Lipinski definition) is 0. The molecule has 0 amide bonds. The number of piperidine rings is 1. The van der Waals surface area contributed by atoms with Crippen LogP contribution in [0, 0.1) is 6.92 Å². The maximum atomic E-state index is 12.1. The normalized spacial score (nSPS) is 23.2. The molecule has 0 N–H and O–H groups in total. The van der Waals surface area contributed by atoms with Crippen molar-refractivity contribution in [3.63, 3.8) is 0 Å². The number of sulfonamides is 1. The first-order valence-electron chi connectivity index (χ1n) is 8.10. The van der Waals surface area contributed by atoms with Crippen LogP contribution >= 0.6 is 0 Å². The van der Waals surface area contributed by atoms with Gasteiger partial charge < -0.3 is 4.74 Å². The summed E-state index contributed by atoms with van der Waals surface area (Å²) >= 11 is 0. The van der Waals surface area contributed by atoms with E-state index in [0.29, 0.717) is 19.8 Å². The summed E-state index contributed by atoms with van der Waals surface area (Å²) in [6, 6.07) is 6.07. The predicted octanol–water partition coefficient (Wildman–Crippen LogP) is 1.02. The number of hydrogen-bond acceptors (Lipinski definition) is 5. The summed E-state index contributed by atoms with van der Waals surface area (Å²) < 4.78 is 31.5. The molecule has 0 bridgehead atoms. The van der Waals surface area contributed by atoms with Gasteiger partial charge in [0.15, 0.2) is 0 Å². The molecule has 1 aromatic heterocycles. The third-order valence-electron chi connectivity index (χ3n) is 4.86. The zero-order valence-electron chi connectivity index (χ0n) is 13.9. The average molecular weight is 339 g/mol. The van der Waals surface area contributed by atoms with E-state index >= 15 is 0 Å². The summed E-state index contributed by atoms with van der Waals surface area (Å²) in [4.78, 5) is 6.90. The molecule has 3 heterocycles. The van der Waals surface area contributed by atoms with Crippen LogP contribution in [0.5, 0.6) is 0 Å². The van der Waals surface area contributed by atoms with Crippen LogP contribution in [0.3, 0.4) is 0 Å². The highest BCUT2D eigenvalue weighted by atomic mass is 32.2. The molecule has 23 heavy (non-hydrogen) atoms. The molecule has 0 saturated carbocycles. The molecule has 0 radical (unpaired) electrons. The number of aryl methyl sites for hydroxylation is 1. The van der Waals surface area contributed by atoms with E-state index in [1.165, 1.54) is 6.26 Å². The minimum atomic E-state index is -3.19. The molecule has 7 heteroatoms. The lowest BCUT2D eigenvalue weighted by molar-refractivity contribution is -0.0560. The zero-order chi connectivity index (χ0) is 16.5. The largest absolute Gasteiger partial charge is 0.378 e. The average Bonchev–Trinajstić information content (AvgIpc) is 2.49. The SMILES string of the molecule is Cc1cccc(CN2CCC3(CC2)COCCN3S(C)(=O)=O)n1. The number of morpholine rings is 1. The lowest BCUT2D eigenvalue weighted by Gasteiger charge is -2.49. The van der Waals surface area contributed by atoms with Gasteiger partial charge in [-0.15, -0.1) is 0 Å². The van der Waals surface area contributed by atoms with Crippen LogP contribution in [-0.2, 0) is 21.3 Å². The van der Waals surface area contributed by atoms with E-state index in [9.17, 15) is 8.42 Å². The molecule has 1 aromatic rings. The molecular weight excluding hydrogens is 314 g/mol. The molecule has 6 nitrogen and oxygen atoms in total. The van der Waals surface area contributed by atoms with Crippen molar-refractivity contribution in [2.75, 3.05) is 39.1 Å². The highest BCUT2D eigenvalue weighted by Gasteiger charge is 2.46. The van der Waals surface area contributed by atoms with Gasteiger partial charge >= 0.3 is 0 Å². The first-order chi connectivity index (χ1) is 10.9. The molecule has 0 unspecified atom stereocenters. The monoisotopic (exact) mass is 339 g/mol. The van der Waals surface area contributed by atoms with E-state index in [4.69, 9.17) is 4.74 Å². The Morgan fingerprint density at radius 3 is 2.65 bits per heavy atom. The Morgan fingerprint density at radius 1 is 1.26 bits per heavy atom. The van der Waals surface area contributed by atoms with Crippen molar-refractivity contribution < 1.29 is 13.2 Å². The Balaban J connectivity index is 1.67. The highest BCUT2D eigenvalue weighted by Crippen LogP contribution is 2.33. The van der Waals surface area contributed by atoms with Crippen LogP contribution in [0.2, 0.25) is 0 Å². The lowest BCUT2D eigenvalue weighted by atomic mass is 9.87. The summed E-state index contributed by atoms with van der Waals surface area (Å²) in [7, 11) is -3.19. The second-order valence-corrected chi connectivity index (χ2v) is 8.57. The van der Waals surface area contributed by atoms with Gasteiger partial charge in [-0.25, -0.2) is 8.42 Å². The van der Waals surface area contributed by atoms with Crippen molar-refractivity contribution in [2.24, 2.45) is 0 Å². The van der Waals surface area contributed by atoms with Crippen LogP contribution in [0.4, 0.5) is 0 Å². The second-order valence-electron chi connectivity index (χ2n) is 6.66. The van der Waals surface area contributed by atoms with E-state index < -0.39 is 10.0 Å². The van der Waals surface area contributed by atoms with Crippen molar-refractivity contribution in [3.05, 3.63) is 29.6 Å². The van der Waals surface area contributed by atoms with Gasteiger partial charge in [-0.05, 0) is 31.9 Å². The summed E-state index contributed by atoms with van der Waals surface area (Å²) in [5, 5.41) is 0.